The summed E-state index contributed by atoms with van der Waals surface area (Å²) in [5.41, 5.74) is 1.09. The maximum atomic E-state index is 12.6. The second-order valence-corrected chi connectivity index (χ2v) is 13.6. The molecular formula is C23H38ClN3O5S2. The summed E-state index contributed by atoms with van der Waals surface area (Å²) in [6.45, 7) is 6.70. The van der Waals surface area contributed by atoms with Crippen LogP contribution in [0.1, 0.15) is 51.5 Å². The molecule has 1 aliphatic heterocycles. The topological polar surface area (TPSA) is 95.1 Å². The first-order valence-corrected chi connectivity index (χ1v) is 15.7. The molecule has 1 fully saturated rings. The number of carbonyl (C=O) groups is 1. The van der Waals surface area contributed by atoms with Crippen molar-refractivity contribution in [1.29, 1.82) is 0 Å². The molecule has 2 rings (SSSR count). The number of benzene rings is 1. The number of sulfonamides is 1. The van der Waals surface area contributed by atoms with Crippen molar-refractivity contribution in [3.05, 3.63) is 29.8 Å². The lowest BCUT2D eigenvalue weighted by molar-refractivity contribution is -0.125. The monoisotopic (exact) mass is 535 g/mol. The van der Waals surface area contributed by atoms with Gasteiger partial charge in [0.05, 0.1) is 17.2 Å². The van der Waals surface area contributed by atoms with Crippen LogP contribution in [0.2, 0.25) is 0 Å². The average Bonchev–Trinajstić information content (AvgIpc) is 2.92. The van der Waals surface area contributed by atoms with E-state index in [4.69, 9.17) is 11.8 Å². The van der Waals surface area contributed by atoms with Gasteiger partial charge in [0, 0.05) is 25.4 Å². The van der Waals surface area contributed by atoms with Crippen molar-refractivity contribution >= 4 is 37.5 Å². The van der Waals surface area contributed by atoms with Crippen molar-refractivity contribution in [3.63, 3.8) is 0 Å². The lowest BCUT2D eigenvalue weighted by atomic mass is 10.1. The van der Waals surface area contributed by atoms with Crippen LogP contribution in [-0.4, -0.2) is 87.1 Å². The van der Waals surface area contributed by atoms with Gasteiger partial charge in [-0.3, -0.25) is 4.79 Å². The minimum Gasteiger partial charge on any atom is -0.300 e. The van der Waals surface area contributed by atoms with Crippen molar-refractivity contribution in [2.24, 2.45) is 0 Å². The molecule has 0 radical (unpaired) electrons. The van der Waals surface area contributed by atoms with Crippen molar-refractivity contribution in [2.45, 2.75) is 63.3 Å². The first kappa shape index (κ1) is 29.0. The summed E-state index contributed by atoms with van der Waals surface area (Å²) in [4.78, 5) is 14.9. The van der Waals surface area contributed by atoms with E-state index in [0.717, 1.165) is 48.6 Å². The number of hydrogen-bond acceptors (Lipinski definition) is 7. The number of unbranched alkanes of at least 4 members (excludes halogenated alkanes) is 2. The molecule has 1 unspecified atom stereocenters. The van der Waals surface area contributed by atoms with Crippen molar-refractivity contribution in [2.75, 3.05) is 44.7 Å². The SMILES string of the molecule is CCCN(CCCCCS(=O)(=O)N1CCCN(Cl)CC1=O)C(C)Cc1ccc(S(C)(=O)=O)cc1. The normalized spacial score (nSPS) is 17.2. The Morgan fingerprint density at radius 1 is 1.03 bits per heavy atom. The van der Waals surface area contributed by atoms with Crippen LogP contribution in [0, 0.1) is 0 Å². The molecule has 0 aromatic heterocycles. The predicted molar refractivity (Wildman–Crippen MR) is 136 cm³/mol. The number of sulfone groups is 1. The molecular weight excluding hydrogens is 498 g/mol. The van der Waals surface area contributed by atoms with Gasteiger partial charge in [0.25, 0.3) is 5.91 Å². The van der Waals surface area contributed by atoms with E-state index in [9.17, 15) is 21.6 Å². The molecule has 1 atom stereocenters. The molecule has 0 saturated carbocycles. The Hall–Kier alpha value is -1.20. The Morgan fingerprint density at radius 3 is 2.32 bits per heavy atom. The third-order valence-electron chi connectivity index (χ3n) is 6.05. The first-order chi connectivity index (χ1) is 15.9. The highest BCUT2D eigenvalue weighted by Crippen LogP contribution is 2.16. The van der Waals surface area contributed by atoms with Crippen LogP contribution >= 0.6 is 11.8 Å². The van der Waals surface area contributed by atoms with E-state index >= 15 is 0 Å². The molecule has 0 aliphatic carbocycles. The minimum atomic E-state index is -3.62. The van der Waals surface area contributed by atoms with E-state index in [1.807, 2.05) is 12.1 Å². The van der Waals surface area contributed by atoms with Crippen LogP contribution < -0.4 is 0 Å². The van der Waals surface area contributed by atoms with Gasteiger partial charge in [-0.05, 0) is 81.6 Å². The summed E-state index contributed by atoms with van der Waals surface area (Å²) in [7, 11) is -6.82. The van der Waals surface area contributed by atoms with Gasteiger partial charge >= 0.3 is 0 Å². The number of hydrogen-bond donors (Lipinski definition) is 0. The molecule has 1 aromatic rings. The fourth-order valence-electron chi connectivity index (χ4n) is 4.18. The highest BCUT2D eigenvalue weighted by atomic mass is 35.5. The lowest BCUT2D eigenvalue weighted by Crippen LogP contribution is -2.40. The van der Waals surface area contributed by atoms with Gasteiger partial charge in [0.1, 0.15) is 0 Å². The van der Waals surface area contributed by atoms with Crippen LogP contribution in [0.4, 0.5) is 0 Å². The molecule has 1 aromatic carbocycles. The fourth-order valence-corrected chi connectivity index (χ4v) is 6.60. The molecule has 11 heteroatoms. The predicted octanol–water partition coefficient (Wildman–Crippen LogP) is 2.92. The Morgan fingerprint density at radius 2 is 1.71 bits per heavy atom. The van der Waals surface area contributed by atoms with Crippen LogP contribution in [0.3, 0.4) is 0 Å². The largest absolute Gasteiger partial charge is 0.300 e. The van der Waals surface area contributed by atoms with E-state index < -0.39 is 25.8 Å². The standard InChI is InChI=1S/C23H38ClN3O5S2/c1-4-13-25(20(2)18-21-9-11-22(12-10-21)33(3,29)30)14-6-5-7-17-34(31,32)27-16-8-15-26(24)19-23(27)28/h9-12,20H,4-8,13-19H2,1-3H3. The molecule has 1 saturated heterocycles. The number of carbonyl (C=O) groups excluding carboxylic acids is 1. The smallest absolute Gasteiger partial charge is 0.251 e. The van der Waals surface area contributed by atoms with Gasteiger partial charge in [0.15, 0.2) is 9.84 Å². The van der Waals surface area contributed by atoms with Gasteiger partial charge in [-0.1, -0.05) is 25.5 Å². The van der Waals surface area contributed by atoms with E-state index in [0.29, 0.717) is 24.3 Å². The number of amides is 1. The van der Waals surface area contributed by atoms with Crippen molar-refractivity contribution in [1.82, 2.24) is 13.6 Å². The Labute approximate surface area is 210 Å². The first-order valence-electron chi connectivity index (χ1n) is 11.9. The maximum Gasteiger partial charge on any atom is 0.251 e. The third kappa shape index (κ3) is 9.11. The number of rotatable bonds is 13. The summed E-state index contributed by atoms with van der Waals surface area (Å²) < 4.78 is 50.9. The molecule has 0 N–H and O–H groups in total. The molecule has 1 heterocycles. The Balaban J connectivity index is 1.82. The molecule has 34 heavy (non-hydrogen) atoms. The zero-order valence-electron chi connectivity index (χ0n) is 20.4. The van der Waals surface area contributed by atoms with Crippen LogP contribution in [-0.2, 0) is 31.1 Å². The Bertz CT molecular complexity index is 1000. The molecule has 1 amide bonds. The molecule has 1 aliphatic rings. The molecule has 0 bridgehead atoms. The van der Waals surface area contributed by atoms with E-state index in [-0.39, 0.29) is 24.9 Å². The van der Waals surface area contributed by atoms with Crippen LogP contribution in [0.5, 0.6) is 0 Å². The fraction of sp³-hybridized carbons (Fsp3) is 0.696. The zero-order valence-corrected chi connectivity index (χ0v) is 22.8. The van der Waals surface area contributed by atoms with Gasteiger partial charge in [-0.15, -0.1) is 0 Å². The van der Waals surface area contributed by atoms with E-state index in [1.165, 1.54) is 10.7 Å². The molecule has 0 spiro atoms. The molecule has 8 nitrogen and oxygen atoms in total. The van der Waals surface area contributed by atoms with Crippen molar-refractivity contribution < 1.29 is 21.6 Å². The highest BCUT2D eigenvalue weighted by molar-refractivity contribution is 7.90. The van der Waals surface area contributed by atoms with E-state index in [1.54, 1.807) is 12.1 Å². The number of nitrogens with zero attached hydrogens (tertiary/aromatic N) is 3. The summed E-state index contributed by atoms with van der Waals surface area (Å²) in [5, 5.41) is 0. The summed E-state index contributed by atoms with van der Waals surface area (Å²) in [6.07, 6.45) is 5.72. The Kier molecular flexibility index (Phi) is 11.3. The lowest BCUT2D eigenvalue weighted by Gasteiger charge is -2.29. The van der Waals surface area contributed by atoms with Gasteiger partial charge in [-0.25, -0.2) is 25.6 Å². The summed E-state index contributed by atoms with van der Waals surface area (Å²) in [5.74, 6) is -0.489. The highest BCUT2D eigenvalue weighted by Gasteiger charge is 2.30. The van der Waals surface area contributed by atoms with Crippen LogP contribution in [0.25, 0.3) is 0 Å². The molecule has 194 valence electrons. The average molecular weight is 536 g/mol. The second kappa shape index (κ2) is 13.2. The zero-order chi connectivity index (χ0) is 25.4. The minimum absolute atomic E-state index is 0.0307. The van der Waals surface area contributed by atoms with Crippen LogP contribution in [0.15, 0.2) is 29.2 Å². The van der Waals surface area contributed by atoms with E-state index in [2.05, 4.69) is 18.7 Å². The van der Waals surface area contributed by atoms with Gasteiger partial charge in [-0.2, -0.15) is 0 Å². The maximum absolute atomic E-state index is 12.6. The van der Waals surface area contributed by atoms with Gasteiger partial charge < -0.3 is 4.90 Å². The van der Waals surface area contributed by atoms with Crippen molar-refractivity contribution in [3.8, 4) is 0 Å². The third-order valence-corrected chi connectivity index (χ3v) is 9.33. The number of halogens is 1. The summed E-state index contributed by atoms with van der Waals surface area (Å²) >= 11 is 5.90. The summed E-state index contributed by atoms with van der Waals surface area (Å²) in [6, 6.07) is 7.33. The second-order valence-electron chi connectivity index (χ2n) is 9.05. The quantitative estimate of drug-likeness (QED) is 0.283. The van der Waals surface area contributed by atoms with Gasteiger partial charge in [0.2, 0.25) is 10.0 Å².